The third kappa shape index (κ3) is 2.40. The van der Waals surface area contributed by atoms with E-state index in [1.165, 1.54) is 0 Å². The van der Waals surface area contributed by atoms with Crippen LogP contribution >= 0.6 is 0 Å². The van der Waals surface area contributed by atoms with E-state index in [1.54, 1.807) is 12.1 Å². The molecule has 0 unspecified atom stereocenters. The van der Waals surface area contributed by atoms with Gasteiger partial charge in [-0.3, -0.25) is 10.1 Å². The molecule has 0 bridgehead atoms. The number of benzene rings is 2. The van der Waals surface area contributed by atoms with E-state index in [2.05, 4.69) is 20.3 Å². The van der Waals surface area contributed by atoms with Crippen LogP contribution in [0.1, 0.15) is 11.1 Å². The predicted octanol–water partition coefficient (Wildman–Crippen LogP) is 3.49. The number of nitro benzene ring substituents is 1. The summed E-state index contributed by atoms with van der Waals surface area (Å²) in [5.74, 6) is 0. The van der Waals surface area contributed by atoms with Crippen LogP contribution in [0.2, 0.25) is 0 Å². The summed E-state index contributed by atoms with van der Waals surface area (Å²) in [5.41, 5.74) is 3.63. The van der Waals surface area contributed by atoms with E-state index in [0.29, 0.717) is 11.2 Å². The van der Waals surface area contributed by atoms with Gasteiger partial charge in [-0.1, -0.05) is 6.07 Å². The van der Waals surface area contributed by atoms with Gasteiger partial charge in [-0.25, -0.2) is 4.63 Å². The molecular formula is C14H12N4O3. The van der Waals surface area contributed by atoms with Crippen LogP contribution in [0.4, 0.5) is 17.1 Å². The molecule has 3 rings (SSSR count). The second kappa shape index (κ2) is 4.86. The summed E-state index contributed by atoms with van der Waals surface area (Å²) in [5, 5.41) is 21.6. The largest absolute Gasteiger partial charge is 0.350 e. The van der Waals surface area contributed by atoms with Crippen molar-refractivity contribution in [2.75, 3.05) is 5.32 Å². The molecule has 7 nitrogen and oxygen atoms in total. The number of nitrogens with one attached hydrogen (secondary N) is 1. The van der Waals surface area contributed by atoms with Gasteiger partial charge in [0.1, 0.15) is 11.2 Å². The van der Waals surface area contributed by atoms with Crippen LogP contribution < -0.4 is 5.32 Å². The Balaban J connectivity index is 2.11. The highest BCUT2D eigenvalue weighted by molar-refractivity contribution is 5.92. The van der Waals surface area contributed by atoms with Gasteiger partial charge >= 0.3 is 5.69 Å². The molecule has 0 radical (unpaired) electrons. The lowest BCUT2D eigenvalue weighted by Gasteiger charge is -2.09. The average molecular weight is 284 g/mol. The summed E-state index contributed by atoms with van der Waals surface area (Å²) >= 11 is 0. The summed E-state index contributed by atoms with van der Waals surface area (Å²) in [6.07, 6.45) is 0. The van der Waals surface area contributed by atoms with Gasteiger partial charge < -0.3 is 5.32 Å². The zero-order valence-electron chi connectivity index (χ0n) is 11.5. The van der Waals surface area contributed by atoms with Crippen molar-refractivity contribution in [1.82, 2.24) is 10.3 Å². The van der Waals surface area contributed by atoms with E-state index >= 15 is 0 Å². The van der Waals surface area contributed by atoms with Gasteiger partial charge in [0.15, 0.2) is 0 Å². The maximum absolute atomic E-state index is 11.3. The van der Waals surface area contributed by atoms with Crippen molar-refractivity contribution in [3.63, 3.8) is 0 Å². The highest BCUT2D eigenvalue weighted by atomic mass is 16.6. The van der Waals surface area contributed by atoms with Crippen LogP contribution in [0.3, 0.4) is 0 Å². The fourth-order valence-corrected chi connectivity index (χ4v) is 2.33. The van der Waals surface area contributed by atoms with E-state index in [4.69, 9.17) is 0 Å². The molecule has 0 atom stereocenters. The number of anilines is 2. The van der Waals surface area contributed by atoms with E-state index in [-0.39, 0.29) is 11.2 Å². The summed E-state index contributed by atoms with van der Waals surface area (Å²) in [4.78, 5) is 10.8. The lowest BCUT2D eigenvalue weighted by molar-refractivity contribution is -0.382. The third-order valence-corrected chi connectivity index (χ3v) is 3.08. The Morgan fingerprint density at radius 1 is 1.14 bits per heavy atom. The Labute approximate surface area is 119 Å². The number of rotatable bonds is 3. The molecular weight excluding hydrogens is 272 g/mol. The molecule has 1 heterocycles. The zero-order chi connectivity index (χ0) is 15.0. The van der Waals surface area contributed by atoms with Crippen LogP contribution in [0.15, 0.2) is 35.0 Å². The quantitative estimate of drug-likeness (QED) is 0.584. The van der Waals surface area contributed by atoms with Crippen LogP contribution in [0, 0.1) is 24.0 Å². The van der Waals surface area contributed by atoms with Crippen molar-refractivity contribution in [3.8, 4) is 0 Å². The predicted molar refractivity (Wildman–Crippen MR) is 77.7 cm³/mol. The van der Waals surface area contributed by atoms with Crippen molar-refractivity contribution in [2.24, 2.45) is 0 Å². The molecule has 0 aliphatic heterocycles. The fourth-order valence-electron chi connectivity index (χ4n) is 2.33. The molecule has 3 aromatic rings. The van der Waals surface area contributed by atoms with Gasteiger partial charge in [-0.05, 0) is 59.6 Å². The second-order valence-corrected chi connectivity index (χ2v) is 4.85. The molecule has 1 aromatic heterocycles. The van der Waals surface area contributed by atoms with Crippen LogP contribution in [-0.4, -0.2) is 15.2 Å². The fraction of sp³-hybridized carbons (Fsp3) is 0.143. The van der Waals surface area contributed by atoms with E-state index in [9.17, 15) is 10.1 Å². The highest BCUT2D eigenvalue weighted by Crippen LogP contribution is 2.33. The maximum atomic E-state index is 11.3. The minimum Gasteiger partial charge on any atom is -0.350 e. The SMILES string of the molecule is Cc1cc(C)cc(Nc2ccc3nonc3c2[N+](=O)[O-])c1. The molecule has 0 saturated heterocycles. The van der Waals surface area contributed by atoms with Crippen molar-refractivity contribution >= 4 is 28.1 Å². The maximum Gasteiger partial charge on any atom is 0.323 e. The molecule has 1 N–H and O–H groups in total. The van der Waals surface area contributed by atoms with E-state index in [1.807, 2.05) is 32.0 Å². The van der Waals surface area contributed by atoms with Crippen LogP contribution in [0.25, 0.3) is 11.0 Å². The van der Waals surface area contributed by atoms with Crippen LogP contribution in [-0.2, 0) is 0 Å². The summed E-state index contributed by atoms with van der Waals surface area (Å²) in [7, 11) is 0. The number of nitro groups is 1. The van der Waals surface area contributed by atoms with Crippen molar-refractivity contribution < 1.29 is 9.55 Å². The minimum absolute atomic E-state index is 0.134. The average Bonchev–Trinajstić information content (AvgIpc) is 2.84. The smallest absolute Gasteiger partial charge is 0.323 e. The molecule has 21 heavy (non-hydrogen) atoms. The third-order valence-electron chi connectivity index (χ3n) is 3.08. The number of aromatic nitrogens is 2. The minimum atomic E-state index is -0.489. The van der Waals surface area contributed by atoms with E-state index < -0.39 is 4.92 Å². The summed E-state index contributed by atoms with van der Waals surface area (Å²) in [6.45, 7) is 3.94. The van der Waals surface area contributed by atoms with Gasteiger partial charge in [-0.2, -0.15) is 0 Å². The monoisotopic (exact) mass is 284 g/mol. The van der Waals surface area contributed by atoms with Crippen molar-refractivity contribution in [1.29, 1.82) is 0 Å². The first-order chi connectivity index (χ1) is 10.0. The summed E-state index contributed by atoms with van der Waals surface area (Å²) < 4.78 is 4.57. The molecule has 0 saturated carbocycles. The molecule has 7 heteroatoms. The number of nitrogens with zero attached hydrogens (tertiary/aromatic N) is 3. The van der Waals surface area contributed by atoms with Crippen molar-refractivity contribution in [3.05, 3.63) is 51.6 Å². The van der Waals surface area contributed by atoms with Gasteiger partial charge in [0.2, 0.25) is 5.52 Å². The van der Waals surface area contributed by atoms with E-state index in [0.717, 1.165) is 16.8 Å². The zero-order valence-corrected chi connectivity index (χ0v) is 11.5. The highest BCUT2D eigenvalue weighted by Gasteiger charge is 2.22. The lowest BCUT2D eigenvalue weighted by Crippen LogP contribution is -1.98. The van der Waals surface area contributed by atoms with Gasteiger partial charge in [0.05, 0.1) is 4.92 Å². The standard InChI is InChI=1S/C14H12N4O3/c1-8-5-9(2)7-10(6-8)15-12-4-3-11-13(17-21-16-11)14(12)18(19)20/h3-7,15H,1-2H3. The number of hydrogen-bond donors (Lipinski definition) is 1. The lowest BCUT2D eigenvalue weighted by atomic mass is 10.1. The molecule has 2 aromatic carbocycles. The van der Waals surface area contributed by atoms with Gasteiger partial charge in [0, 0.05) is 5.69 Å². The molecule has 0 fully saturated rings. The molecule has 0 amide bonds. The Morgan fingerprint density at radius 2 is 1.86 bits per heavy atom. The van der Waals surface area contributed by atoms with Crippen LogP contribution in [0.5, 0.6) is 0 Å². The molecule has 0 aliphatic rings. The number of fused-ring (bicyclic) bond motifs is 1. The first kappa shape index (κ1) is 13.0. The molecule has 0 spiro atoms. The Kier molecular flexibility index (Phi) is 3.02. The first-order valence-corrected chi connectivity index (χ1v) is 6.29. The number of aryl methyl sites for hydroxylation is 2. The Morgan fingerprint density at radius 3 is 2.52 bits per heavy atom. The molecule has 0 aliphatic carbocycles. The Bertz CT molecular complexity index is 821. The first-order valence-electron chi connectivity index (χ1n) is 6.29. The van der Waals surface area contributed by atoms with Crippen molar-refractivity contribution in [2.45, 2.75) is 13.8 Å². The topological polar surface area (TPSA) is 94.1 Å². The van der Waals surface area contributed by atoms with Gasteiger partial charge in [0.25, 0.3) is 0 Å². The number of hydrogen-bond acceptors (Lipinski definition) is 6. The van der Waals surface area contributed by atoms with Gasteiger partial charge in [-0.15, -0.1) is 0 Å². The second-order valence-electron chi connectivity index (χ2n) is 4.85. The Hall–Kier alpha value is -2.96. The summed E-state index contributed by atoms with van der Waals surface area (Å²) in [6, 6.07) is 9.10. The normalized spacial score (nSPS) is 10.8. The molecule has 106 valence electrons.